The number of fused-ring (bicyclic) bond motifs is 2. The number of benzene rings is 2. The van der Waals surface area contributed by atoms with Crippen LogP contribution >= 0.6 is 0 Å². The normalized spacial score (nSPS) is 19.1. The van der Waals surface area contributed by atoms with Crippen molar-refractivity contribution in [3.8, 4) is 16.9 Å². The third-order valence-corrected chi connectivity index (χ3v) is 11.0. The molecule has 3 aromatic heterocycles. The zero-order valence-electron chi connectivity index (χ0n) is 28.2. The Morgan fingerprint density at radius 1 is 1.10 bits per heavy atom. The van der Waals surface area contributed by atoms with E-state index < -0.39 is 12.8 Å². The second-order valence-electron chi connectivity index (χ2n) is 14.5. The molecule has 5 aromatic rings. The molecule has 51 heavy (non-hydrogen) atoms. The number of nitrogens with zero attached hydrogens (tertiary/aromatic N) is 9. The number of amides is 1. The number of hydrogen-bond acceptors (Lipinski definition) is 9. The summed E-state index contributed by atoms with van der Waals surface area (Å²) in [7, 11) is 0. The fourth-order valence-electron chi connectivity index (χ4n) is 8.09. The van der Waals surface area contributed by atoms with Crippen LogP contribution in [0.4, 0.5) is 24.9 Å². The van der Waals surface area contributed by atoms with Crippen LogP contribution in [-0.2, 0) is 4.79 Å². The van der Waals surface area contributed by atoms with Gasteiger partial charge in [-0.3, -0.25) is 9.89 Å². The number of rotatable bonds is 8. The van der Waals surface area contributed by atoms with Crippen molar-refractivity contribution in [1.29, 1.82) is 0 Å². The summed E-state index contributed by atoms with van der Waals surface area (Å²) in [5.41, 5.74) is 4.46. The summed E-state index contributed by atoms with van der Waals surface area (Å²) in [6.45, 7) is 8.06. The van der Waals surface area contributed by atoms with Gasteiger partial charge in [-0.15, -0.1) is 0 Å². The molecule has 4 fully saturated rings. The first-order chi connectivity index (χ1) is 24.6. The molecule has 1 N–H and O–H groups in total. The number of likely N-dealkylation sites (tertiary alicyclic amines) is 1. The molecule has 4 aliphatic rings. The van der Waals surface area contributed by atoms with E-state index in [1.807, 2.05) is 28.9 Å². The van der Waals surface area contributed by atoms with Crippen molar-refractivity contribution in [1.82, 2.24) is 39.8 Å². The van der Waals surface area contributed by atoms with E-state index in [0.717, 1.165) is 53.3 Å². The third kappa shape index (κ3) is 5.53. The molecule has 0 unspecified atom stereocenters. The Morgan fingerprint density at radius 2 is 1.88 bits per heavy atom. The number of nitrogens with one attached hydrogen (secondary N) is 1. The molecule has 0 radical (unpaired) electrons. The predicted molar refractivity (Wildman–Crippen MR) is 185 cm³/mol. The number of ether oxygens (including phenoxy) is 1. The Hall–Kier alpha value is -5.21. The second-order valence-corrected chi connectivity index (χ2v) is 14.5. The van der Waals surface area contributed by atoms with Gasteiger partial charge in [-0.2, -0.15) is 28.4 Å². The fourth-order valence-corrected chi connectivity index (χ4v) is 8.09. The highest BCUT2D eigenvalue weighted by Gasteiger charge is 2.47. The zero-order chi connectivity index (χ0) is 35.1. The lowest BCUT2D eigenvalue weighted by molar-refractivity contribution is -0.153. The van der Waals surface area contributed by atoms with E-state index in [-0.39, 0.29) is 29.0 Å². The highest BCUT2D eigenvalue weighted by atomic mass is 19.4. The zero-order valence-corrected chi connectivity index (χ0v) is 28.2. The van der Waals surface area contributed by atoms with E-state index in [9.17, 15) is 18.0 Å². The fraction of sp³-hybridized carbons (Fsp3) is 0.444. The van der Waals surface area contributed by atoms with Gasteiger partial charge in [-0.05, 0) is 73.4 Å². The molecule has 6 heterocycles. The summed E-state index contributed by atoms with van der Waals surface area (Å²) < 4.78 is 49.8. The van der Waals surface area contributed by atoms with Crippen molar-refractivity contribution >= 4 is 39.5 Å². The lowest BCUT2D eigenvalue weighted by Crippen LogP contribution is -2.61. The van der Waals surface area contributed by atoms with Gasteiger partial charge in [0.1, 0.15) is 24.0 Å². The number of alkyl halides is 3. The Morgan fingerprint density at radius 3 is 2.57 bits per heavy atom. The Balaban J connectivity index is 1.20. The number of halogens is 3. The summed E-state index contributed by atoms with van der Waals surface area (Å²) in [6.07, 6.45) is 5.26. The number of aromatic amines is 1. The molecule has 1 aliphatic carbocycles. The molecule has 15 heteroatoms. The van der Waals surface area contributed by atoms with Crippen LogP contribution in [0.3, 0.4) is 0 Å². The van der Waals surface area contributed by atoms with Gasteiger partial charge < -0.3 is 19.4 Å². The maximum Gasteiger partial charge on any atom is 0.422 e. The standard InChI is InChI=1S/C36H37F3N10O2/c1-3-28(50)48-16-35(17-48)8-10-46(11-9-35)33-25-12-24(22-5-6-22)30(29-21(2)4-7-27-26(29)13-41-45-27)32(51-18-36(37,38)39)31(25)43-34(44-33)47-14-23(15-47)49-20-40-19-42-49/h3-4,7,12-13,19-20,22-23H,1,5-6,8-11,14-18H2,2H3,(H,41,45). The van der Waals surface area contributed by atoms with Crippen molar-refractivity contribution in [2.24, 2.45) is 5.41 Å². The molecule has 264 valence electrons. The minimum Gasteiger partial charge on any atom is -0.481 e. The molecule has 9 rings (SSSR count). The maximum absolute atomic E-state index is 14.0. The largest absolute Gasteiger partial charge is 0.481 e. The topological polar surface area (TPSA) is 121 Å². The van der Waals surface area contributed by atoms with Gasteiger partial charge in [-0.1, -0.05) is 12.6 Å². The van der Waals surface area contributed by atoms with Crippen LogP contribution in [-0.4, -0.2) is 97.8 Å². The van der Waals surface area contributed by atoms with Gasteiger partial charge in [0.2, 0.25) is 11.9 Å². The lowest BCUT2D eigenvalue weighted by atomic mass is 9.72. The van der Waals surface area contributed by atoms with Gasteiger partial charge in [0.05, 0.1) is 17.8 Å². The van der Waals surface area contributed by atoms with Gasteiger partial charge in [-0.25, -0.2) is 14.6 Å². The Kier molecular flexibility index (Phi) is 7.26. The summed E-state index contributed by atoms with van der Waals surface area (Å²) in [6, 6.07) is 6.06. The molecule has 1 saturated carbocycles. The molecule has 12 nitrogen and oxygen atoms in total. The number of aryl methyl sites for hydroxylation is 1. The number of aromatic nitrogens is 7. The SMILES string of the molecule is C=CC(=O)N1CC2(CCN(c3nc(N4CC(n5cncn5)C4)nc4c(OCC(F)(F)F)c(-c5c(C)ccc6[nH]ncc56)c(C5CC5)cc34)CC2)C1. The summed E-state index contributed by atoms with van der Waals surface area (Å²) in [5, 5.41) is 13.1. The Bertz CT molecular complexity index is 2160. The molecule has 1 spiro atoms. The average Bonchev–Trinajstić information content (AvgIpc) is 3.56. The summed E-state index contributed by atoms with van der Waals surface area (Å²) in [4.78, 5) is 32.6. The number of piperidine rings is 1. The first-order valence-electron chi connectivity index (χ1n) is 17.4. The van der Waals surface area contributed by atoms with E-state index in [2.05, 4.69) is 37.8 Å². The highest BCUT2D eigenvalue weighted by molar-refractivity contribution is 6.06. The van der Waals surface area contributed by atoms with Gasteiger partial charge in [0, 0.05) is 61.0 Å². The van der Waals surface area contributed by atoms with Crippen molar-refractivity contribution < 1.29 is 22.7 Å². The van der Waals surface area contributed by atoms with E-state index in [1.165, 1.54) is 12.4 Å². The quantitative estimate of drug-likeness (QED) is 0.208. The molecule has 3 aliphatic heterocycles. The van der Waals surface area contributed by atoms with Crippen LogP contribution in [0.1, 0.15) is 48.8 Å². The van der Waals surface area contributed by atoms with Crippen LogP contribution < -0.4 is 14.5 Å². The number of carbonyl (C=O) groups is 1. The van der Waals surface area contributed by atoms with Crippen LogP contribution in [0.25, 0.3) is 32.9 Å². The molecule has 1 amide bonds. The Labute approximate surface area is 291 Å². The minimum atomic E-state index is -4.57. The van der Waals surface area contributed by atoms with E-state index >= 15 is 0 Å². The van der Waals surface area contributed by atoms with Crippen molar-refractivity contribution in [3.05, 3.63) is 60.8 Å². The second kappa shape index (κ2) is 11.7. The monoisotopic (exact) mass is 698 g/mol. The first-order valence-corrected chi connectivity index (χ1v) is 17.4. The van der Waals surface area contributed by atoms with Crippen molar-refractivity contribution in [2.75, 3.05) is 55.7 Å². The van der Waals surface area contributed by atoms with Crippen LogP contribution in [0.2, 0.25) is 0 Å². The highest BCUT2D eigenvalue weighted by Crippen LogP contribution is 2.53. The number of anilines is 2. The molecule has 2 aromatic carbocycles. The minimum absolute atomic E-state index is 0.0391. The lowest BCUT2D eigenvalue weighted by Gasteiger charge is -2.54. The molecule has 3 saturated heterocycles. The van der Waals surface area contributed by atoms with Gasteiger partial charge in [0.25, 0.3) is 0 Å². The summed E-state index contributed by atoms with van der Waals surface area (Å²) >= 11 is 0. The van der Waals surface area contributed by atoms with Gasteiger partial charge in [0.15, 0.2) is 12.4 Å². The average molecular weight is 699 g/mol. The number of carbonyl (C=O) groups excluding carboxylic acids is 1. The molecular weight excluding hydrogens is 661 g/mol. The van der Waals surface area contributed by atoms with Gasteiger partial charge >= 0.3 is 6.18 Å². The predicted octanol–water partition coefficient (Wildman–Crippen LogP) is 5.57. The molecule has 0 atom stereocenters. The molecular formula is C36H37F3N10O2. The van der Waals surface area contributed by atoms with Crippen molar-refractivity contribution in [2.45, 2.75) is 50.7 Å². The van der Waals surface area contributed by atoms with Crippen LogP contribution in [0, 0.1) is 12.3 Å². The van der Waals surface area contributed by atoms with Crippen molar-refractivity contribution in [3.63, 3.8) is 0 Å². The van der Waals surface area contributed by atoms with E-state index in [4.69, 9.17) is 14.7 Å². The maximum atomic E-state index is 14.0. The van der Waals surface area contributed by atoms with Crippen LogP contribution in [0.5, 0.6) is 5.75 Å². The number of H-pyrrole nitrogens is 1. The van der Waals surface area contributed by atoms with E-state index in [1.54, 1.807) is 17.2 Å². The van der Waals surface area contributed by atoms with E-state index in [0.29, 0.717) is 67.5 Å². The number of hydrogen-bond donors (Lipinski definition) is 1. The van der Waals surface area contributed by atoms with Crippen LogP contribution in [0.15, 0.2) is 49.7 Å². The first kappa shape index (κ1) is 31.7. The smallest absolute Gasteiger partial charge is 0.422 e. The summed E-state index contributed by atoms with van der Waals surface area (Å²) in [5.74, 6) is 1.35. The molecule has 0 bridgehead atoms. The third-order valence-electron chi connectivity index (χ3n) is 11.0.